The number of rotatable bonds is 3. The van der Waals surface area contributed by atoms with Crippen LogP contribution < -0.4 is 5.73 Å². The van der Waals surface area contributed by atoms with E-state index in [2.05, 4.69) is 0 Å². The zero-order chi connectivity index (χ0) is 11.5. The van der Waals surface area contributed by atoms with Crippen LogP contribution in [0.4, 0.5) is 8.78 Å². The molecule has 16 heavy (non-hydrogen) atoms. The van der Waals surface area contributed by atoms with Crippen LogP contribution in [-0.2, 0) is 11.2 Å². The predicted octanol–water partition coefficient (Wildman–Crippen LogP) is 1.87. The summed E-state index contributed by atoms with van der Waals surface area (Å²) in [5, 5.41) is 0. The third-order valence-corrected chi connectivity index (χ3v) is 3.04. The second-order valence-electron chi connectivity index (χ2n) is 4.23. The number of hydrogen-bond donors (Lipinski definition) is 1. The molecule has 0 amide bonds. The molecule has 2 rings (SSSR count). The Kier molecular flexibility index (Phi) is 3.51. The molecule has 1 heterocycles. The molecule has 1 aliphatic rings. The number of nitrogens with two attached hydrogens (primary N) is 1. The highest BCUT2D eigenvalue weighted by atomic mass is 19.1. The van der Waals surface area contributed by atoms with Gasteiger partial charge >= 0.3 is 0 Å². The van der Waals surface area contributed by atoms with Gasteiger partial charge in [-0.3, -0.25) is 0 Å². The van der Waals surface area contributed by atoms with Crippen LogP contribution in [0, 0.1) is 17.6 Å². The lowest BCUT2D eigenvalue weighted by atomic mass is 9.93. The Bertz CT molecular complexity index is 364. The molecule has 88 valence electrons. The highest BCUT2D eigenvalue weighted by molar-refractivity contribution is 5.19. The van der Waals surface area contributed by atoms with Crippen molar-refractivity contribution in [1.82, 2.24) is 0 Å². The topological polar surface area (TPSA) is 35.2 Å². The van der Waals surface area contributed by atoms with Gasteiger partial charge in [-0.15, -0.1) is 0 Å². The Hall–Kier alpha value is -1.00. The van der Waals surface area contributed by atoms with Crippen molar-refractivity contribution in [2.75, 3.05) is 13.2 Å². The van der Waals surface area contributed by atoms with Crippen molar-refractivity contribution in [3.63, 3.8) is 0 Å². The van der Waals surface area contributed by atoms with E-state index >= 15 is 0 Å². The van der Waals surface area contributed by atoms with Crippen molar-refractivity contribution in [2.24, 2.45) is 11.7 Å². The van der Waals surface area contributed by atoms with E-state index < -0.39 is 11.6 Å². The largest absolute Gasteiger partial charge is 0.381 e. The van der Waals surface area contributed by atoms with Crippen molar-refractivity contribution in [1.29, 1.82) is 0 Å². The SMILES string of the molecule is NC(Cc1ccc(F)cc1F)C1CCOC1. The van der Waals surface area contributed by atoms with Gasteiger partial charge in [0.05, 0.1) is 6.61 Å². The lowest BCUT2D eigenvalue weighted by Gasteiger charge is -2.17. The number of hydrogen-bond acceptors (Lipinski definition) is 2. The average molecular weight is 227 g/mol. The highest BCUT2D eigenvalue weighted by Gasteiger charge is 2.23. The average Bonchev–Trinajstić information content (AvgIpc) is 2.75. The zero-order valence-electron chi connectivity index (χ0n) is 8.96. The fourth-order valence-electron chi connectivity index (χ4n) is 2.00. The lowest BCUT2D eigenvalue weighted by Crippen LogP contribution is -2.32. The Labute approximate surface area is 93.4 Å². The summed E-state index contributed by atoms with van der Waals surface area (Å²) in [5.74, 6) is -0.794. The summed E-state index contributed by atoms with van der Waals surface area (Å²) >= 11 is 0. The molecule has 0 aliphatic carbocycles. The standard InChI is InChI=1S/C12H15F2NO/c13-10-2-1-8(11(14)6-10)5-12(15)9-3-4-16-7-9/h1-2,6,9,12H,3-5,7,15H2. The molecule has 0 radical (unpaired) electrons. The maximum atomic E-state index is 13.4. The van der Waals surface area contributed by atoms with Crippen LogP contribution in [0.1, 0.15) is 12.0 Å². The first-order valence-corrected chi connectivity index (χ1v) is 5.44. The summed E-state index contributed by atoms with van der Waals surface area (Å²) in [5.41, 5.74) is 6.45. The predicted molar refractivity (Wildman–Crippen MR) is 57.0 cm³/mol. The lowest BCUT2D eigenvalue weighted by molar-refractivity contribution is 0.180. The smallest absolute Gasteiger partial charge is 0.129 e. The second-order valence-corrected chi connectivity index (χ2v) is 4.23. The molecular formula is C12H15F2NO. The molecule has 2 unspecified atom stereocenters. The molecule has 1 aromatic carbocycles. The van der Waals surface area contributed by atoms with Gasteiger partial charge in [-0.2, -0.15) is 0 Å². The molecule has 1 fully saturated rings. The summed E-state index contributed by atoms with van der Waals surface area (Å²) in [6.45, 7) is 1.37. The zero-order valence-corrected chi connectivity index (χ0v) is 8.96. The van der Waals surface area contributed by atoms with E-state index in [0.717, 1.165) is 19.1 Å². The van der Waals surface area contributed by atoms with Gasteiger partial charge in [0.25, 0.3) is 0 Å². The van der Waals surface area contributed by atoms with E-state index in [4.69, 9.17) is 10.5 Å². The Balaban J connectivity index is 2.02. The molecule has 0 spiro atoms. The fraction of sp³-hybridized carbons (Fsp3) is 0.500. The van der Waals surface area contributed by atoms with Gasteiger partial charge in [0.2, 0.25) is 0 Å². The number of halogens is 2. The molecule has 0 aromatic heterocycles. The van der Waals surface area contributed by atoms with E-state index in [9.17, 15) is 8.78 Å². The molecule has 2 atom stereocenters. The summed E-state index contributed by atoms with van der Waals surface area (Å²) in [7, 11) is 0. The van der Waals surface area contributed by atoms with Crippen molar-refractivity contribution in [3.05, 3.63) is 35.4 Å². The molecule has 0 saturated carbocycles. The van der Waals surface area contributed by atoms with Crippen molar-refractivity contribution in [3.8, 4) is 0 Å². The van der Waals surface area contributed by atoms with E-state index in [1.807, 2.05) is 0 Å². The molecule has 2 nitrogen and oxygen atoms in total. The van der Waals surface area contributed by atoms with E-state index in [1.54, 1.807) is 0 Å². The normalized spacial score (nSPS) is 22.3. The van der Waals surface area contributed by atoms with Crippen LogP contribution in [0.3, 0.4) is 0 Å². The molecule has 0 bridgehead atoms. The molecular weight excluding hydrogens is 212 g/mol. The van der Waals surface area contributed by atoms with Crippen LogP contribution in [0.2, 0.25) is 0 Å². The minimum absolute atomic E-state index is 0.123. The minimum atomic E-state index is -0.556. The van der Waals surface area contributed by atoms with Gasteiger partial charge in [-0.25, -0.2) is 8.78 Å². The first-order valence-electron chi connectivity index (χ1n) is 5.44. The second kappa shape index (κ2) is 4.89. The van der Waals surface area contributed by atoms with Crippen LogP contribution in [-0.4, -0.2) is 19.3 Å². The van der Waals surface area contributed by atoms with Crippen LogP contribution in [0.15, 0.2) is 18.2 Å². The highest BCUT2D eigenvalue weighted by Crippen LogP contribution is 2.19. The number of ether oxygens (including phenoxy) is 1. The molecule has 2 N–H and O–H groups in total. The first-order chi connectivity index (χ1) is 7.66. The van der Waals surface area contributed by atoms with E-state index in [1.165, 1.54) is 12.1 Å². The van der Waals surface area contributed by atoms with Crippen molar-refractivity contribution < 1.29 is 13.5 Å². The van der Waals surface area contributed by atoms with Gasteiger partial charge in [0.15, 0.2) is 0 Å². The molecule has 1 aromatic rings. The summed E-state index contributed by atoms with van der Waals surface area (Å²) in [4.78, 5) is 0. The van der Waals surface area contributed by atoms with Crippen molar-refractivity contribution in [2.45, 2.75) is 18.9 Å². The van der Waals surface area contributed by atoms with Gasteiger partial charge in [-0.1, -0.05) is 6.07 Å². The minimum Gasteiger partial charge on any atom is -0.381 e. The van der Waals surface area contributed by atoms with E-state index in [-0.39, 0.29) is 12.0 Å². The Morgan fingerprint density at radius 1 is 1.44 bits per heavy atom. The Morgan fingerprint density at radius 2 is 2.25 bits per heavy atom. The monoisotopic (exact) mass is 227 g/mol. The summed E-state index contributed by atoms with van der Waals surface area (Å²) in [6, 6.07) is 3.49. The number of benzene rings is 1. The Morgan fingerprint density at radius 3 is 2.88 bits per heavy atom. The third-order valence-electron chi connectivity index (χ3n) is 3.04. The molecule has 4 heteroatoms. The fourth-order valence-corrected chi connectivity index (χ4v) is 2.00. The molecule has 1 saturated heterocycles. The molecule has 1 aliphatic heterocycles. The van der Waals surface area contributed by atoms with Gasteiger partial charge < -0.3 is 10.5 Å². The van der Waals surface area contributed by atoms with Crippen molar-refractivity contribution >= 4 is 0 Å². The van der Waals surface area contributed by atoms with E-state index in [0.29, 0.717) is 18.6 Å². The van der Waals surface area contributed by atoms with Gasteiger partial charge in [0, 0.05) is 18.7 Å². The third kappa shape index (κ3) is 2.57. The quantitative estimate of drug-likeness (QED) is 0.855. The van der Waals surface area contributed by atoms with Gasteiger partial charge in [0.1, 0.15) is 11.6 Å². The maximum absolute atomic E-state index is 13.4. The van der Waals surface area contributed by atoms with Crippen LogP contribution >= 0.6 is 0 Å². The first kappa shape index (κ1) is 11.5. The maximum Gasteiger partial charge on any atom is 0.129 e. The summed E-state index contributed by atoms with van der Waals surface area (Å²) < 4.78 is 31.3. The van der Waals surface area contributed by atoms with Crippen LogP contribution in [0.5, 0.6) is 0 Å². The summed E-state index contributed by atoms with van der Waals surface area (Å²) in [6.07, 6.45) is 1.35. The van der Waals surface area contributed by atoms with Crippen LogP contribution in [0.25, 0.3) is 0 Å². The van der Waals surface area contributed by atoms with Gasteiger partial charge in [-0.05, 0) is 30.4 Å².